The van der Waals surface area contributed by atoms with Crippen LogP contribution in [-0.4, -0.2) is 21.1 Å². The summed E-state index contributed by atoms with van der Waals surface area (Å²) in [5, 5.41) is 12.8. The van der Waals surface area contributed by atoms with Gasteiger partial charge in [-0.3, -0.25) is 9.89 Å². The maximum Gasteiger partial charge on any atom is 0.255 e. The number of carbonyl (C=O) groups is 1. The second kappa shape index (κ2) is 8.43. The lowest BCUT2D eigenvalue weighted by Gasteiger charge is -2.13. The quantitative estimate of drug-likeness (QED) is 0.244. The highest BCUT2D eigenvalue weighted by molar-refractivity contribution is 7.99. The lowest BCUT2D eigenvalue weighted by molar-refractivity contribution is 0.102. The van der Waals surface area contributed by atoms with Gasteiger partial charge in [0.1, 0.15) is 0 Å². The summed E-state index contributed by atoms with van der Waals surface area (Å²) in [6, 6.07) is 30.7. The highest BCUT2D eigenvalue weighted by Crippen LogP contribution is 2.47. The number of thioether (sulfide) groups is 1. The normalized spacial score (nSPS) is 14.8. The molecule has 3 N–H and O–H groups in total. The number of para-hydroxylation sites is 1. The Bertz CT molecular complexity index is 1690. The number of carbonyl (C=O) groups excluding carboxylic acids is 1. The maximum absolute atomic E-state index is 13.3. The van der Waals surface area contributed by atoms with E-state index in [0.717, 1.165) is 45.3 Å². The van der Waals surface area contributed by atoms with E-state index >= 15 is 0 Å². The average molecular weight is 487 g/mol. The van der Waals surface area contributed by atoms with Crippen LogP contribution >= 0.6 is 11.8 Å². The molecule has 1 unspecified atom stereocenters. The fourth-order valence-corrected chi connectivity index (χ4v) is 6.33. The first-order valence-electron chi connectivity index (χ1n) is 11.9. The van der Waals surface area contributed by atoms with Crippen molar-refractivity contribution in [3.8, 4) is 11.3 Å². The minimum atomic E-state index is -0.127. The number of hydrogen-bond donors (Lipinski definition) is 3. The molecule has 7 rings (SSSR count). The topological polar surface area (TPSA) is 73.6 Å². The Morgan fingerprint density at radius 1 is 0.917 bits per heavy atom. The summed E-state index contributed by atoms with van der Waals surface area (Å²) >= 11 is 1.85. The average Bonchev–Trinajstić information content (AvgIpc) is 3.66. The number of rotatable bonds is 4. The molecule has 1 aliphatic heterocycles. The van der Waals surface area contributed by atoms with Crippen LogP contribution in [0, 0.1) is 0 Å². The van der Waals surface area contributed by atoms with Crippen molar-refractivity contribution in [1.29, 1.82) is 0 Å². The SMILES string of the molecule is O=C(Nc1ccc(-c2cc3ccccc3[nH]2)cc1)c1cc(C2Cc3ccccc3S2)c2[nH]ncc2c1. The molecule has 0 aliphatic carbocycles. The van der Waals surface area contributed by atoms with Gasteiger partial charge in [-0.05, 0) is 65.6 Å². The molecule has 174 valence electrons. The van der Waals surface area contributed by atoms with Crippen molar-refractivity contribution in [1.82, 2.24) is 15.2 Å². The van der Waals surface area contributed by atoms with Gasteiger partial charge in [0.15, 0.2) is 0 Å². The number of amides is 1. The lowest BCUT2D eigenvalue weighted by atomic mass is 9.99. The largest absolute Gasteiger partial charge is 0.355 e. The van der Waals surface area contributed by atoms with Gasteiger partial charge < -0.3 is 10.3 Å². The Labute approximate surface area is 211 Å². The number of H-pyrrole nitrogens is 2. The molecule has 1 atom stereocenters. The van der Waals surface area contributed by atoms with Crippen LogP contribution in [0.4, 0.5) is 5.69 Å². The van der Waals surface area contributed by atoms with Crippen molar-refractivity contribution in [3.05, 3.63) is 114 Å². The summed E-state index contributed by atoms with van der Waals surface area (Å²) in [6.45, 7) is 0. The number of aromatic amines is 2. The molecule has 6 aromatic rings. The van der Waals surface area contributed by atoms with Crippen molar-refractivity contribution >= 4 is 45.2 Å². The molecule has 1 amide bonds. The summed E-state index contributed by atoms with van der Waals surface area (Å²) in [4.78, 5) is 18.0. The van der Waals surface area contributed by atoms with Crippen LogP contribution in [0.2, 0.25) is 0 Å². The van der Waals surface area contributed by atoms with Crippen molar-refractivity contribution < 1.29 is 4.79 Å². The van der Waals surface area contributed by atoms with Crippen LogP contribution in [-0.2, 0) is 6.42 Å². The highest BCUT2D eigenvalue weighted by atomic mass is 32.2. The van der Waals surface area contributed by atoms with Crippen molar-refractivity contribution in [2.24, 2.45) is 0 Å². The van der Waals surface area contributed by atoms with Crippen LogP contribution in [0.3, 0.4) is 0 Å². The molecular formula is C30H22N4OS. The molecule has 2 aromatic heterocycles. The lowest BCUT2D eigenvalue weighted by Crippen LogP contribution is -2.12. The maximum atomic E-state index is 13.3. The van der Waals surface area contributed by atoms with Gasteiger partial charge in [0.25, 0.3) is 5.91 Å². The number of nitrogens with one attached hydrogen (secondary N) is 3. The molecule has 4 aromatic carbocycles. The molecule has 3 heterocycles. The van der Waals surface area contributed by atoms with Crippen LogP contribution < -0.4 is 5.32 Å². The van der Waals surface area contributed by atoms with Crippen LogP contribution in [0.5, 0.6) is 0 Å². The molecule has 36 heavy (non-hydrogen) atoms. The Hall–Kier alpha value is -4.29. The number of hydrogen-bond acceptors (Lipinski definition) is 3. The number of benzene rings is 4. The molecule has 6 heteroatoms. The molecule has 0 bridgehead atoms. The van der Waals surface area contributed by atoms with E-state index in [1.54, 1.807) is 6.20 Å². The summed E-state index contributed by atoms with van der Waals surface area (Å²) in [7, 11) is 0. The Morgan fingerprint density at radius 2 is 1.75 bits per heavy atom. The molecule has 0 spiro atoms. The molecule has 5 nitrogen and oxygen atoms in total. The van der Waals surface area contributed by atoms with E-state index in [1.807, 2.05) is 60.3 Å². The van der Waals surface area contributed by atoms with E-state index < -0.39 is 0 Å². The van der Waals surface area contributed by atoms with Gasteiger partial charge in [-0.2, -0.15) is 5.10 Å². The standard InChI is InChI=1S/C30H22N4OS/c35-30(32-23-11-9-18(10-12-23)26-15-19-5-1-3-7-25(19)33-26)21-13-22-17-31-34-29(22)24(14-21)28-16-20-6-2-4-8-27(20)36-28/h1-15,17,28,33H,16H2,(H,31,34)(H,32,35). The van der Waals surface area contributed by atoms with E-state index in [-0.39, 0.29) is 11.2 Å². The number of anilines is 1. The van der Waals surface area contributed by atoms with Gasteiger partial charge in [-0.1, -0.05) is 48.5 Å². The zero-order chi connectivity index (χ0) is 24.1. The first-order valence-corrected chi connectivity index (χ1v) is 12.8. The summed E-state index contributed by atoms with van der Waals surface area (Å²) in [5.74, 6) is -0.127. The van der Waals surface area contributed by atoms with Gasteiger partial charge in [0.05, 0.1) is 11.7 Å². The van der Waals surface area contributed by atoms with Gasteiger partial charge in [-0.15, -0.1) is 11.8 Å². The van der Waals surface area contributed by atoms with Crippen molar-refractivity contribution in [2.45, 2.75) is 16.6 Å². The van der Waals surface area contributed by atoms with E-state index in [4.69, 9.17) is 0 Å². The van der Waals surface area contributed by atoms with Gasteiger partial charge in [0.2, 0.25) is 0 Å². The predicted octanol–water partition coefficient (Wildman–Crippen LogP) is 7.35. The Balaban J connectivity index is 1.15. The summed E-state index contributed by atoms with van der Waals surface area (Å²) < 4.78 is 0. The van der Waals surface area contributed by atoms with E-state index in [9.17, 15) is 4.79 Å². The van der Waals surface area contributed by atoms with Crippen molar-refractivity contribution in [2.75, 3.05) is 5.32 Å². The van der Waals surface area contributed by atoms with E-state index in [2.05, 4.69) is 63.0 Å². The predicted molar refractivity (Wildman–Crippen MR) is 147 cm³/mol. The summed E-state index contributed by atoms with van der Waals surface area (Å²) in [6.07, 6.45) is 2.73. The fraction of sp³-hybridized carbons (Fsp3) is 0.0667. The van der Waals surface area contributed by atoms with E-state index in [0.29, 0.717) is 5.56 Å². The van der Waals surface area contributed by atoms with Gasteiger partial charge in [-0.25, -0.2) is 0 Å². The van der Waals surface area contributed by atoms with Crippen LogP contribution in [0.25, 0.3) is 33.1 Å². The van der Waals surface area contributed by atoms with E-state index in [1.165, 1.54) is 15.8 Å². The third-order valence-electron chi connectivity index (χ3n) is 6.82. The molecule has 0 saturated heterocycles. The number of fused-ring (bicyclic) bond motifs is 3. The fourth-order valence-electron chi connectivity index (χ4n) is 4.99. The highest BCUT2D eigenvalue weighted by Gasteiger charge is 2.26. The zero-order valence-electron chi connectivity index (χ0n) is 19.3. The number of nitrogens with zero attached hydrogens (tertiary/aromatic N) is 1. The smallest absolute Gasteiger partial charge is 0.255 e. The monoisotopic (exact) mass is 486 g/mol. The Kier molecular flexibility index (Phi) is 4.92. The Morgan fingerprint density at radius 3 is 2.61 bits per heavy atom. The molecule has 0 saturated carbocycles. The molecule has 0 radical (unpaired) electrons. The van der Waals surface area contributed by atoms with Crippen LogP contribution in [0.15, 0.2) is 102 Å². The molecule has 0 fully saturated rings. The zero-order valence-corrected chi connectivity index (χ0v) is 20.1. The third-order valence-corrected chi connectivity index (χ3v) is 8.18. The third kappa shape index (κ3) is 3.67. The minimum absolute atomic E-state index is 0.127. The number of aromatic nitrogens is 3. The summed E-state index contributed by atoms with van der Waals surface area (Å²) in [5.41, 5.74) is 8.10. The first-order chi connectivity index (χ1) is 17.7. The molecule has 1 aliphatic rings. The van der Waals surface area contributed by atoms with Crippen molar-refractivity contribution in [3.63, 3.8) is 0 Å². The van der Waals surface area contributed by atoms with Gasteiger partial charge in [0, 0.05) is 43.4 Å². The first kappa shape index (κ1) is 21.0. The van der Waals surface area contributed by atoms with Gasteiger partial charge >= 0.3 is 0 Å². The second-order valence-electron chi connectivity index (χ2n) is 9.12. The second-order valence-corrected chi connectivity index (χ2v) is 10.4. The van der Waals surface area contributed by atoms with Crippen LogP contribution in [0.1, 0.15) is 26.7 Å². The molecular weight excluding hydrogens is 464 g/mol. The minimum Gasteiger partial charge on any atom is -0.355 e.